The van der Waals surface area contributed by atoms with Gasteiger partial charge in [-0.05, 0) is 24.1 Å². The molecule has 0 fully saturated rings. The van der Waals surface area contributed by atoms with Crippen molar-refractivity contribution in [3.63, 3.8) is 0 Å². The van der Waals surface area contributed by atoms with Gasteiger partial charge in [-0.2, -0.15) is 0 Å². The first-order valence-corrected chi connectivity index (χ1v) is 6.86. The van der Waals surface area contributed by atoms with E-state index in [0.717, 1.165) is 12.0 Å². The monoisotopic (exact) mass is 281 g/mol. The number of fused-ring (bicyclic) bond motifs is 1. The number of para-hydroxylation sites is 1. The van der Waals surface area contributed by atoms with E-state index in [2.05, 4.69) is 0 Å². The molecule has 0 saturated carbocycles. The molecule has 0 saturated heterocycles. The van der Waals surface area contributed by atoms with Crippen LogP contribution in [0.15, 0.2) is 54.6 Å². The minimum absolute atomic E-state index is 0.191. The molecular formula is C17H15NO3. The fraction of sp³-hybridized carbons (Fsp3) is 0.176. The molecule has 1 heterocycles. The van der Waals surface area contributed by atoms with Crippen LogP contribution < -0.4 is 4.90 Å². The predicted molar refractivity (Wildman–Crippen MR) is 79.2 cm³/mol. The average molecular weight is 281 g/mol. The van der Waals surface area contributed by atoms with Crippen LogP contribution in [-0.4, -0.2) is 25.0 Å². The van der Waals surface area contributed by atoms with Crippen molar-refractivity contribution in [2.75, 3.05) is 18.1 Å². The Balaban J connectivity index is 1.87. The van der Waals surface area contributed by atoms with E-state index in [-0.39, 0.29) is 12.5 Å². The highest BCUT2D eigenvalue weighted by Crippen LogP contribution is 2.24. The number of nitrogens with zero attached hydrogens (tertiary/aromatic N) is 1. The Labute approximate surface area is 123 Å². The number of carbonyl (C=O) groups is 2. The van der Waals surface area contributed by atoms with Crippen molar-refractivity contribution in [1.29, 1.82) is 0 Å². The molecule has 0 bridgehead atoms. The highest BCUT2D eigenvalue weighted by Gasteiger charge is 2.27. The smallest absolute Gasteiger partial charge is 0.340 e. The molecule has 0 radical (unpaired) electrons. The zero-order valence-corrected chi connectivity index (χ0v) is 11.5. The van der Waals surface area contributed by atoms with Gasteiger partial charge in [0.05, 0.1) is 11.3 Å². The van der Waals surface area contributed by atoms with Crippen molar-refractivity contribution in [2.45, 2.75) is 6.42 Å². The molecule has 4 nitrogen and oxygen atoms in total. The fourth-order valence-electron chi connectivity index (χ4n) is 2.43. The standard InChI is InChI=1S/C17H15NO3/c19-16-12-21-17(20)14-8-4-5-9-15(14)18(16)11-10-13-6-2-1-3-7-13/h1-9H,10-12H2. The second kappa shape index (κ2) is 5.79. The van der Waals surface area contributed by atoms with Gasteiger partial charge in [-0.1, -0.05) is 42.5 Å². The third-order valence-electron chi connectivity index (χ3n) is 3.51. The molecule has 1 aliphatic heterocycles. The van der Waals surface area contributed by atoms with Crippen LogP contribution in [0.25, 0.3) is 0 Å². The third-order valence-corrected chi connectivity index (χ3v) is 3.51. The number of carbonyl (C=O) groups excluding carboxylic acids is 2. The number of benzene rings is 2. The lowest BCUT2D eigenvalue weighted by molar-refractivity contribution is -0.121. The topological polar surface area (TPSA) is 46.6 Å². The second-order valence-electron chi connectivity index (χ2n) is 4.87. The maximum atomic E-state index is 12.2. The Morgan fingerprint density at radius 2 is 1.67 bits per heavy atom. The Hall–Kier alpha value is -2.62. The van der Waals surface area contributed by atoms with Crippen LogP contribution in [0.4, 0.5) is 5.69 Å². The molecule has 1 amide bonds. The van der Waals surface area contributed by atoms with Gasteiger partial charge in [0.25, 0.3) is 5.91 Å². The summed E-state index contributed by atoms with van der Waals surface area (Å²) in [5.41, 5.74) is 2.22. The van der Waals surface area contributed by atoms with E-state index in [1.807, 2.05) is 36.4 Å². The van der Waals surface area contributed by atoms with Crippen LogP contribution in [0.5, 0.6) is 0 Å². The summed E-state index contributed by atoms with van der Waals surface area (Å²) in [5, 5.41) is 0. The van der Waals surface area contributed by atoms with Crippen LogP contribution in [0.3, 0.4) is 0 Å². The normalized spacial score (nSPS) is 14.4. The minimum Gasteiger partial charge on any atom is -0.452 e. The first-order valence-electron chi connectivity index (χ1n) is 6.86. The maximum Gasteiger partial charge on any atom is 0.340 e. The molecule has 0 aliphatic carbocycles. The van der Waals surface area contributed by atoms with Gasteiger partial charge >= 0.3 is 5.97 Å². The zero-order chi connectivity index (χ0) is 14.7. The molecule has 0 N–H and O–H groups in total. The average Bonchev–Trinajstić information content (AvgIpc) is 2.65. The molecule has 4 heteroatoms. The maximum absolute atomic E-state index is 12.2. The number of esters is 1. The summed E-state index contributed by atoms with van der Waals surface area (Å²) in [7, 11) is 0. The van der Waals surface area contributed by atoms with E-state index in [1.54, 1.807) is 23.1 Å². The van der Waals surface area contributed by atoms with E-state index in [0.29, 0.717) is 17.8 Å². The number of ether oxygens (including phenoxy) is 1. The predicted octanol–water partition coefficient (Wildman–Crippen LogP) is 2.43. The number of cyclic esters (lactones) is 1. The number of anilines is 1. The largest absolute Gasteiger partial charge is 0.452 e. The van der Waals surface area contributed by atoms with Crippen molar-refractivity contribution in [2.24, 2.45) is 0 Å². The Kier molecular flexibility index (Phi) is 3.69. The van der Waals surface area contributed by atoms with Crippen LogP contribution in [0.1, 0.15) is 15.9 Å². The van der Waals surface area contributed by atoms with Crippen LogP contribution in [-0.2, 0) is 16.0 Å². The van der Waals surface area contributed by atoms with E-state index in [4.69, 9.17) is 4.74 Å². The molecule has 2 aromatic carbocycles. The number of hydrogen-bond acceptors (Lipinski definition) is 3. The number of rotatable bonds is 3. The molecule has 0 unspecified atom stereocenters. The van der Waals surface area contributed by atoms with E-state index in [9.17, 15) is 9.59 Å². The molecule has 106 valence electrons. The van der Waals surface area contributed by atoms with E-state index >= 15 is 0 Å². The molecule has 0 spiro atoms. The first-order chi connectivity index (χ1) is 10.3. The van der Waals surface area contributed by atoms with Crippen molar-refractivity contribution in [1.82, 2.24) is 0 Å². The number of hydrogen-bond donors (Lipinski definition) is 0. The summed E-state index contributed by atoms with van der Waals surface area (Å²) in [5.74, 6) is -0.634. The summed E-state index contributed by atoms with van der Waals surface area (Å²) < 4.78 is 4.99. The van der Waals surface area contributed by atoms with Gasteiger partial charge < -0.3 is 9.64 Å². The summed E-state index contributed by atoms with van der Waals surface area (Å²) >= 11 is 0. The van der Waals surface area contributed by atoms with Gasteiger partial charge in [-0.3, -0.25) is 4.79 Å². The fourth-order valence-corrected chi connectivity index (χ4v) is 2.43. The first kappa shape index (κ1) is 13.4. The minimum atomic E-state index is -0.443. The Morgan fingerprint density at radius 3 is 2.48 bits per heavy atom. The second-order valence-corrected chi connectivity index (χ2v) is 4.87. The summed E-state index contributed by atoms with van der Waals surface area (Å²) in [6.45, 7) is 0.318. The molecule has 2 aromatic rings. The van der Waals surface area contributed by atoms with Gasteiger partial charge in [0.1, 0.15) is 0 Å². The summed E-state index contributed by atoms with van der Waals surface area (Å²) in [6.07, 6.45) is 0.731. The lowest BCUT2D eigenvalue weighted by atomic mass is 10.1. The van der Waals surface area contributed by atoms with Crippen molar-refractivity contribution in [3.8, 4) is 0 Å². The zero-order valence-electron chi connectivity index (χ0n) is 11.5. The Bertz CT molecular complexity index is 667. The molecule has 1 aliphatic rings. The summed E-state index contributed by atoms with van der Waals surface area (Å²) in [6, 6.07) is 17.0. The molecule has 21 heavy (non-hydrogen) atoms. The van der Waals surface area contributed by atoms with Crippen LogP contribution in [0, 0.1) is 0 Å². The molecule has 0 aromatic heterocycles. The van der Waals surface area contributed by atoms with Crippen molar-refractivity contribution < 1.29 is 14.3 Å². The highest BCUT2D eigenvalue weighted by molar-refractivity contribution is 6.06. The van der Waals surface area contributed by atoms with Crippen molar-refractivity contribution in [3.05, 3.63) is 65.7 Å². The SMILES string of the molecule is O=C1OCC(=O)N(CCc2ccccc2)c2ccccc21. The van der Waals surface area contributed by atoms with Crippen LogP contribution in [0.2, 0.25) is 0 Å². The number of amides is 1. The van der Waals surface area contributed by atoms with Crippen LogP contribution >= 0.6 is 0 Å². The third kappa shape index (κ3) is 2.79. The highest BCUT2D eigenvalue weighted by atomic mass is 16.5. The quantitative estimate of drug-likeness (QED) is 0.812. The molecule has 3 rings (SSSR count). The van der Waals surface area contributed by atoms with Gasteiger partial charge in [-0.15, -0.1) is 0 Å². The summed E-state index contributed by atoms with van der Waals surface area (Å²) in [4.78, 5) is 25.7. The lowest BCUT2D eigenvalue weighted by Crippen LogP contribution is -2.34. The molecule has 0 atom stereocenters. The van der Waals surface area contributed by atoms with Gasteiger partial charge in [0, 0.05) is 6.54 Å². The molecular weight excluding hydrogens is 266 g/mol. The van der Waals surface area contributed by atoms with Gasteiger partial charge in [0.2, 0.25) is 0 Å². The van der Waals surface area contributed by atoms with Gasteiger partial charge in [0.15, 0.2) is 6.61 Å². The van der Waals surface area contributed by atoms with E-state index < -0.39 is 5.97 Å². The van der Waals surface area contributed by atoms with E-state index in [1.165, 1.54) is 0 Å². The van der Waals surface area contributed by atoms with Crippen molar-refractivity contribution >= 4 is 17.6 Å². The van der Waals surface area contributed by atoms with Gasteiger partial charge in [-0.25, -0.2) is 4.79 Å². The lowest BCUT2D eigenvalue weighted by Gasteiger charge is -2.21. The Morgan fingerprint density at radius 1 is 0.952 bits per heavy atom.